The van der Waals surface area contributed by atoms with E-state index in [2.05, 4.69) is 21.3 Å². The van der Waals surface area contributed by atoms with E-state index in [-0.39, 0.29) is 0 Å². The van der Waals surface area contributed by atoms with Gasteiger partial charge in [-0.1, -0.05) is 0 Å². The molecule has 3 aromatic rings. The lowest BCUT2D eigenvalue weighted by Crippen LogP contribution is -2.46. The predicted octanol–water partition coefficient (Wildman–Crippen LogP) is 3.65. The predicted molar refractivity (Wildman–Crippen MR) is 122 cm³/mol. The van der Waals surface area contributed by atoms with Crippen LogP contribution >= 0.6 is 11.3 Å². The van der Waals surface area contributed by atoms with Crippen molar-refractivity contribution in [2.75, 3.05) is 31.1 Å². The number of fused-ring (bicyclic) bond motifs is 4. The molecule has 3 aromatic heterocycles. The van der Waals surface area contributed by atoms with Gasteiger partial charge in [-0.25, -0.2) is 15.0 Å². The van der Waals surface area contributed by atoms with Crippen molar-refractivity contribution in [1.29, 1.82) is 0 Å². The normalized spacial score (nSPS) is 19.5. The SMILES string of the molecule is Cc1nc(N2CCN(Cc3c(C)nc4n3CCCC4)CC2)c2c3c(sc2n1)CCC3. The molecule has 0 amide bonds. The average Bonchev–Trinajstić information content (AvgIpc) is 3.41. The number of anilines is 1. The molecule has 0 spiro atoms. The Morgan fingerprint density at radius 3 is 2.60 bits per heavy atom. The van der Waals surface area contributed by atoms with Crippen LogP contribution < -0.4 is 4.90 Å². The van der Waals surface area contributed by atoms with Crippen LogP contribution in [0.2, 0.25) is 0 Å². The Labute approximate surface area is 181 Å². The zero-order valence-electron chi connectivity index (χ0n) is 18.1. The van der Waals surface area contributed by atoms with Crippen LogP contribution in [0.1, 0.15) is 52.7 Å². The Kier molecular flexibility index (Phi) is 4.57. The van der Waals surface area contributed by atoms with Crippen LogP contribution in [0.25, 0.3) is 10.2 Å². The smallest absolute Gasteiger partial charge is 0.141 e. The Morgan fingerprint density at radius 1 is 0.867 bits per heavy atom. The fourth-order valence-corrected chi connectivity index (χ4v) is 6.82. The molecule has 0 saturated carbocycles. The topological polar surface area (TPSA) is 50.1 Å². The van der Waals surface area contributed by atoms with E-state index in [0.717, 1.165) is 51.5 Å². The maximum absolute atomic E-state index is 4.94. The average molecular weight is 423 g/mol. The van der Waals surface area contributed by atoms with Gasteiger partial charge in [-0.15, -0.1) is 11.3 Å². The van der Waals surface area contributed by atoms with Gasteiger partial charge in [0.2, 0.25) is 0 Å². The van der Waals surface area contributed by atoms with Crippen LogP contribution in [0.15, 0.2) is 0 Å². The second kappa shape index (κ2) is 7.31. The molecule has 0 aromatic carbocycles. The summed E-state index contributed by atoms with van der Waals surface area (Å²) >= 11 is 1.90. The first-order chi connectivity index (χ1) is 14.7. The highest BCUT2D eigenvalue weighted by atomic mass is 32.1. The monoisotopic (exact) mass is 422 g/mol. The van der Waals surface area contributed by atoms with E-state index in [1.807, 2.05) is 18.3 Å². The minimum atomic E-state index is 0.904. The van der Waals surface area contributed by atoms with Crippen LogP contribution in [0, 0.1) is 13.8 Å². The van der Waals surface area contributed by atoms with Gasteiger partial charge in [0.15, 0.2) is 0 Å². The summed E-state index contributed by atoms with van der Waals surface area (Å²) in [6.07, 6.45) is 7.42. The van der Waals surface area contributed by atoms with E-state index >= 15 is 0 Å². The van der Waals surface area contributed by atoms with Crippen molar-refractivity contribution in [3.8, 4) is 0 Å². The molecule has 0 atom stereocenters. The molecule has 3 aliphatic rings. The van der Waals surface area contributed by atoms with Gasteiger partial charge in [0, 0.05) is 50.6 Å². The molecule has 7 heteroatoms. The lowest BCUT2D eigenvalue weighted by atomic mass is 10.1. The van der Waals surface area contributed by atoms with Gasteiger partial charge < -0.3 is 9.47 Å². The lowest BCUT2D eigenvalue weighted by molar-refractivity contribution is 0.241. The summed E-state index contributed by atoms with van der Waals surface area (Å²) < 4.78 is 2.50. The fraction of sp³-hybridized carbons (Fsp3) is 0.609. The van der Waals surface area contributed by atoms with Gasteiger partial charge in [0.1, 0.15) is 22.3 Å². The minimum Gasteiger partial charge on any atom is -0.353 e. The third-order valence-electron chi connectivity index (χ3n) is 7.09. The summed E-state index contributed by atoms with van der Waals surface area (Å²) in [5.41, 5.74) is 4.21. The van der Waals surface area contributed by atoms with Crippen LogP contribution in [0.5, 0.6) is 0 Å². The molecule has 5 heterocycles. The first kappa shape index (κ1) is 18.8. The van der Waals surface area contributed by atoms with Gasteiger partial charge in [0.25, 0.3) is 0 Å². The van der Waals surface area contributed by atoms with Crippen LogP contribution in [-0.4, -0.2) is 50.6 Å². The van der Waals surface area contributed by atoms with Crippen molar-refractivity contribution in [2.24, 2.45) is 0 Å². The second-order valence-corrected chi connectivity index (χ2v) is 10.1. The molecule has 1 aliphatic carbocycles. The largest absolute Gasteiger partial charge is 0.353 e. The maximum Gasteiger partial charge on any atom is 0.141 e. The van der Waals surface area contributed by atoms with Gasteiger partial charge in [-0.2, -0.15) is 0 Å². The first-order valence-electron chi connectivity index (χ1n) is 11.5. The van der Waals surface area contributed by atoms with Crippen LogP contribution in [0.4, 0.5) is 5.82 Å². The van der Waals surface area contributed by atoms with E-state index in [1.165, 1.54) is 70.9 Å². The molecule has 6 nitrogen and oxygen atoms in total. The Hall–Kier alpha value is -1.99. The third-order valence-corrected chi connectivity index (χ3v) is 8.27. The summed E-state index contributed by atoms with van der Waals surface area (Å²) in [7, 11) is 0. The van der Waals surface area contributed by atoms with Gasteiger partial charge >= 0.3 is 0 Å². The quantitative estimate of drug-likeness (QED) is 0.645. The van der Waals surface area contributed by atoms with E-state index in [0.29, 0.717) is 0 Å². The molecular weight excluding hydrogens is 392 g/mol. The molecule has 0 bridgehead atoms. The highest BCUT2D eigenvalue weighted by Gasteiger charge is 2.27. The zero-order valence-corrected chi connectivity index (χ0v) is 18.9. The molecule has 2 aliphatic heterocycles. The number of rotatable bonds is 3. The number of piperazine rings is 1. The fourth-order valence-electron chi connectivity index (χ4n) is 5.52. The van der Waals surface area contributed by atoms with Crippen molar-refractivity contribution in [1.82, 2.24) is 24.4 Å². The number of imidazole rings is 1. The lowest BCUT2D eigenvalue weighted by Gasteiger charge is -2.36. The van der Waals surface area contributed by atoms with Crippen molar-refractivity contribution in [3.05, 3.63) is 33.5 Å². The van der Waals surface area contributed by atoms with Crippen molar-refractivity contribution in [2.45, 2.75) is 65.5 Å². The Bertz CT molecular complexity index is 1110. The van der Waals surface area contributed by atoms with Gasteiger partial charge in [-0.3, -0.25) is 4.90 Å². The number of aromatic nitrogens is 4. The van der Waals surface area contributed by atoms with Crippen LogP contribution in [-0.2, 0) is 32.4 Å². The molecule has 0 N–H and O–H groups in total. The number of aryl methyl sites for hydroxylation is 5. The molecule has 6 rings (SSSR count). The Morgan fingerprint density at radius 2 is 1.73 bits per heavy atom. The molecule has 158 valence electrons. The minimum absolute atomic E-state index is 0.904. The van der Waals surface area contributed by atoms with E-state index < -0.39 is 0 Å². The maximum atomic E-state index is 4.94. The third kappa shape index (κ3) is 3.05. The summed E-state index contributed by atoms with van der Waals surface area (Å²) in [4.78, 5) is 22.4. The van der Waals surface area contributed by atoms with E-state index in [1.54, 1.807) is 4.88 Å². The van der Waals surface area contributed by atoms with Gasteiger partial charge in [0.05, 0.1) is 16.8 Å². The summed E-state index contributed by atoms with van der Waals surface area (Å²) in [6.45, 7) is 10.6. The summed E-state index contributed by atoms with van der Waals surface area (Å²) in [5.74, 6) is 3.40. The number of hydrogen-bond acceptors (Lipinski definition) is 6. The van der Waals surface area contributed by atoms with E-state index in [9.17, 15) is 0 Å². The first-order valence-corrected chi connectivity index (χ1v) is 12.3. The molecular formula is C23H30N6S. The van der Waals surface area contributed by atoms with Crippen molar-refractivity contribution < 1.29 is 0 Å². The molecule has 1 fully saturated rings. The number of hydrogen-bond donors (Lipinski definition) is 0. The molecule has 30 heavy (non-hydrogen) atoms. The Balaban J connectivity index is 1.22. The van der Waals surface area contributed by atoms with Crippen LogP contribution in [0.3, 0.4) is 0 Å². The highest BCUT2D eigenvalue weighted by molar-refractivity contribution is 7.19. The highest BCUT2D eigenvalue weighted by Crippen LogP contribution is 2.40. The summed E-state index contributed by atoms with van der Waals surface area (Å²) in [5, 5.41) is 1.35. The number of nitrogens with zero attached hydrogens (tertiary/aromatic N) is 6. The van der Waals surface area contributed by atoms with E-state index in [4.69, 9.17) is 15.0 Å². The molecule has 0 unspecified atom stereocenters. The standard InChI is InChI=1S/C23H30N6S/c1-15-18(29-9-4-3-8-20(29)24-15)14-27-10-12-28(13-11-27)22-21-17-6-5-7-19(17)30-23(21)26-16(2)25-22/h3-14H2,1-2H3. The number of thiophene rings is 1. The molecule has 0 radical (unpaired) electrons. The molecule has 1 saturated heterocycles. The van der Waals surface area contributed by atoms with Crippen molar-refractivity contribution >= 4 is 27.4 Å². The van der Waals surface area contributed by atoms with Crippen molar-refractivity contribution in [3.63, 3.8) is 0 Å². The van der Waals surface area contributed by atoms with Gasteiger partial charge in [-0.05, 0) is 51.5 Å². The second-order valence-electron chi connectivity index (χ2n) is 9.06. The summed E-state index contributed by atoms with van der Waals surface area (Å²) in [6, 6.07) is 0. The zero-order chi connectivity index (χ0) is 20.2.